The van der Waals surface area contributed by atoms with Crippen LogP contribution >= 0.6 is 23.1 Å². The fourth-order valence-electron chi connectivity index (χ4n) is 2.49. The predicted molar refractivity (Wildman–Crippen MR) is 88.3 cm³/mol. The number of nitrogens with one attached hydrogen (secondary N) is 1. The third-order valence-electron chi connectivity index (χ3n) is 3.75. The van der Waals surface area contributed by atoms with Crippen LogP contribution in [0, 0.1) is 6.92 Å². The molecule has 0 saturated carbocycles. The number of rotatable bonds is 7. The van der Waals surface area contributed by atoms with E-state index in [0.717, 1.165) is 25.7 Å². The van der Waals surface area contributed by atoms with E-state index in [4.69, 9.17) is 0 Å². The lowest BCUT2D eigenvalue weighted by molar-refractivity contribution is 0.254. The minimum absolute atomic E-state index is 0.783. The van der Waals surface area contributed by atoms with Crippen LogP contribution in [0.25, 0.3) is 0 Å². The monoisotopic (exact) mass is 298 g/mol. The third kappa shape index (κ3) is 4.48. The first-order valence-electron chi connectivity index (χ1n) is 7.27. The minimum Gasteiger partial charge on any atom is -0.312 e. The van der Waals surface area contributed by atoms with Crippen molar-refractivity contribution < 1.29 is 0 Å². The molecule has 2 nitrogen and oxygen atoms in total. The summed E-state index contributed by atoms with van der Waals surface area (Å²) in [5, 5.41) is 3.49. The molecule has 0 spiro atoms. The summed E-state index contributed by atoms with van der Waals surface area (Å²) < 4.78 is 0. The molecule has 4 heteroatoms. The molecule has 0 aromatic carbocycles. The molecule has 0 aliphatic carbocycles. The molecule has 1 aliphatic heterocycles. The Kier molecular flexibility index (Phi) is 6.20. The molecule has 0 radical (unpaired) electrons. The number of thiophene rings is 1. The second kappa shape index (κ2) is 7.67. The number of aryl methyl sites for hydroxylation is 1. The second-order valence-electron chi connectivity index (χ2n) is 5.40. The van der Waals surface area contributed by atoms with Gasteiger partial charge in [-0.1, -0.05) is 6.92 Å². The van der Waals surface area contributed by atoms with E-state index in [9.17, 15) is 0 Å². The molecule has 1 aromatic heterocycles. The molecule has 1 aliphatic rings. The molecule has 1 fully saturated rings. The quantitative estimate of drug-likeness (QED) is 0.776. The molecule has 1 unspecified atom stereocenters. The summed E-state index contributed by atoms with van der Waals surface area (Å²) in [6.07, 6.45) is 2.56. The summed E-state index contributed by atoms with van der Waals surface area (Å²) >= 11 is 4.05. The Labute approximate surface area is 126 Å². The van der Waals surface area contributed by atoms with Gasteiger partial charge in [-0.25, -0.2) is 0 Å². The number of thioether (sulfide) groups is 1. The molecular weight excluding hydrogens is 272 g/mol. The SMILES string of the molecule is CCCNCc1cc(CN(C)C2CCSC2)c(C)s1. The lowest BCUT2D eigenvalue weighted by Gasteiger charge is -2.23. The van der Waals surface area contributed by atoms with Gasteiger partial charge in [0, 0.05) is 34.6 Å². The normalized spacial score (nSPS) is 19.5. The maximum absolute atomic E-state index is 3.49. The summed E-state index contributed by atoms with van der Waals surface area (Å²) in [6.45, 7) is 7.74. The van der Waals surface area contributed by atoms with Gasteiger partial charge < -0.3 is 5.32 Å². The van der Waals surface area contributed by atoms with Gasteiger partial charge in [-0.3, -0.25) is 4.90 Å². The van der Waals surface area contributed by atoms with Gasteiger partial charge in [0.15, 0.2) is 0 Å². The molecule has 0 bridgehead atoms. The maximum atomic E-state index is 3.49. The summed E-state index contributed by atoms with van der Waals surface area (Å²) in [7, 11) is 2.28. The minimum atomic E-state index is 0.783. The van der Waals surface area contributed by atoms with E-state index < -0.39 is 0 Å². The van der Waals surface area contributed by atoms with Crippen molar-refractivity contribution in [3.05, 3.63) is 21.4 Å². The summed E-state index contributed by atoms with van der Waals surface area (Å²) in [4.78, 5) is 5.51. The third-order valence-corrected chi connectivity index (χ3v) is 5.98. The fraction of sp³-hybridized carbons (Fsp3) is 0.733. The van der Waals surface area contributed by atoms with Crippen molar-refractivity contribution >= 4 is 23.1 Å². The van der Waals surface area contributed by atoms with Crippen LogP contribution in [0.3, 0.4) is 0 Å². The van der Waals surface area contributed by atoms with E-state index in [1.165, 1.54) is 39.7 Å². The van der Waals surface area contributed by atoms with Gasteiger partial charge in [-0.2, -0.15) is 11.8 Å². The Morgan fingerprint density at radius 2 is 2.32 bits per heavy atom. The van der Waals surface area contributed by atoms with Crippen LogP contribution < -0.4 is 5.32 Å². The second-order valence-corrected chi connectivity index (χ2v) is 7.89. The Balaban J connectivity index is 1.88. The van der Waals surface area contributed by atoms with Crippen LogP contribution in [-0.4, -0.2) is 36.0 Å². The van der Waals surface area contributed by atoms with E-state index in [1.54, 1.807) is 0 Å². The van der Waals surface area contributed by atoms with Gasteiger partial charge in [0.2, 0.25) is 0 Å². The highest BCUT2D eigenvalue weighted by Crippen LogP contribution is 2.26. The first-order chi connectivity index (χ1) is 9.20. The highest BCUT2D eigenvalue weighted by atomic mass is 32.2. The van der Waals surface area contributed by atoms with E-state index in [2.05, 4.69) is 48.9 Å². The Hall–Kier alpha value is -0.0300. The van der Waals surface area contributed by atoms with E-state index in [1.807, 2.05) is 11.3 Å². The van der Waals surface area contributed by atoms with Gasteiger partial charge in [0.1, 0.15) is 0 Å². The Morgan fingerprint density at radius 3 is 3.00 bits per heavy atom. The highest BCUT2D eigenvalue weighted by molar-refractivity contribution is 7.99. The van der Waals surface area contributed by atoms with Crippen molar-refractivity contribution in [2.24, 2.45) is 0 Å². The van der Waals surface area contributed by atoms with Crippen molar-refractivity contribution in [1.82, 2.24) is 10.2 Å². The van der Waals surface area contributed by atoms with E-state index in [0.29, 0.717) is 0 Å². The molecule has 19 heavy (non-hydrogen) atoms. The van der Waals surface area contributed by atoms with Crippen LogP contribution in [0.2, 0.25) is 0 Å². The predicted octanol–water partition coefficient (Wildman–Crippen LogP) is 3.49. The highest BCUT2D eigenvalue weighted by Gasteiger charge is 2.20. The Bertz CT molecular complexity index is 383. The summed E-state index contributed by atoms with van der Waals surface area (Å²) in [5.41, 5.74) is 1.53. The molecule has 108 valence electrons. The lowest BCUT2D eigenvalue weighted by atomic mass is 10.2. The van der Waals surface area contributed by atoms with Crippen molar-refractivity contribution in [3.63, 3.8) is 0 Å². The zero-order valence-corrected chi connectivity index (χ0v) is 14.0. The first-order valence-corrected chi connectivity index (χ1v) is 9.24. The average Bonchev–Trinajstić information content (AvgIpc) is 3.01. The number of hydrogen-bond donors (Lipinski definition) is 1. The Morgan fingerprint density at radius 1 is 1.47 bits per heavy atom. The molecule has 2 rings (SSSR count). The van der Waals surface area contributed by atoms with Crippen molar-refractivity contribution in [1.29, 1.82) is 0 Å². The molecule has 1 aromatic rings. The molecule has 1 saturated heterocycles. The van der Waals surface area contributed by atoms with Crippen LogP contribution in [0.4, 0.5) is 0 Å². The van der Waals surface area contributed by atoms with Crippen LogP contribution in [-0.2, 0) is 13.1 Å². The number of nitrogens with zero attached hydrogens (tertiary/aromatic N) is 1. The van der Waals surface area contributed by atoms with Gasteiger partial charge in [-0.15, -0.1) is 11.3 Å². The summed E-state index contributed by atoms with van der Waals surface area (Å²) in [5.74, 6) is 2.65. The van der Waals surface area contributed by atoms with Crippen molar-refractivity contribution in [2.45, 2.75) is 45.8 Å². The van der Waals surface area contributed by atoms with Crippen molar-refractivity contribution in [3.8, 4) is 0 Å². The van der Waals surface area contributed by atoms with Crippen LogP contribution in [0.1, 0.15) is 35.1 Å². The van der Waals surface area contributed by atoms with Gasteiger partial charge in [-0.05, 0) is 50.7 Å². The number of hydrogen-bond acceptors (Lipinski definition) is 4. The zero-order valence-electron chi connectivity index (χ0n) is 12.4. The standard InChI is InChI=1S/C15H26N2S2/c1-4-6-16-9-15-8-13(12(2)19-15)10-17(3)14-5-7-18-11-14/h8,14,16H,4-7,9-11H2,1-3H3. The summed E-state index contributed by atoms with van der Waals surface area (Å²) in [6, 6.07) is 3.19. The van der Waals surface area contributed by atoms with Gasteiger partial charge in [0.25, 0.3) is 0 Å². The zero-order chi connectivity index (χ0) is 13.7. The van der Waals surface area contributed by atoms with Crippen molar-refractivity contribution in [2.75, 3.05) is 25.1 Å². The van der Waals surface area contributed by atoms with E-state index >= 15 is 0 Å². The molecule has 1 N–H and O–H groups in total. The van der Waals surface area contributed by atoms with Crippen LogP contribution in [0.15, 0.2) is 6.07 Å². The molecule has 1 atom stereocenters. The maximum Gasteiger partial charge on any atom is 0.0299 e. The van der Waals surface area contributed by atoms with Gasteiger partial charge in [0.05, 0.1) is 0 Å². The molecule has 0 amide bonds. The van der Waals surface area contributed by atoms with E-state index in [-0.39, 0.29) is 0 Å². The average molecular weight is 299 g/mol. The first kappa shape index (κ1) is 15.4. The van der Waals surface area contributed by atoms with Crippen LogP contribution in [0.5, 0.6) is 0 Å². The fourth-order valence-corrected chi connectivity index (χ4v) is 4.81. The largest absolute Gasteiger partial charge is 0.312 e. The smallest absolute Gasteiger partial charge is 0.0299 e. The lowest BCUT2D eigenvalue weighted by Crippen LogP contribution is -2.30. The topological polar surface area (TPSA) is 15.3 Å². The molecular formula is C15H26N2S2. The molecule has 2 heterocycles. The van der Waals surface area contributed by atoms with Gasteiger partial charge >= 0.3 is 0 Å².